The molecule has 94 valence electrons. The Morgan fingerprint density at radius 2 is 2.29 bits per heavy atom. The summed E-state index contributed by atoms with van der Waals surface area (Å²) in [5.41, 5.74) is 8.30. The molecule has 1 heterocycles. The fourth-order valence-electron chi connectivity index (χ4n) is 1.53. The average molecular weight is 271 g/mol. The number of thiazole rings is 1. The molecule has 0 bridgehead atoms. The molecule has 1 atom stereocenters. The lowest BCUT2D eigenvalue weighted by Crippen LogP contribution is -2.40. The van der Waals surface area contributed by atoms with Crippen molar-refractivity contribution in [3.05, 3.63) is 16.1 Å². The van der Waals surface area contributed by atoms with Crippen LogP contribution in [0.25, 0.3) is 0 Å². The summed E-state index contributed by atoms with van der Waals surface area (Å²) in [5, 5.41) is 2.85. The van der Waals surface area contributed by atoms with Crippen LogP contribution in [0.1, 0.15) is 24.4 Å². The summed E-state index contributed by atoms with van der Waals surface area (Å²) < 4.78 is 0. The Bertz CT molecular complexity index is 415. The van der Waals surface area contributed by atoms with E-state index in [1.54, 1.807) is 5.51 Å². The van der Waals surface area contributed by atoms with Gasteiger partial charge in [0.1, 0.15) is 0 Å². The number of amides is 1. The smallest absolute Gasteiger partial charge is 0.230 e. The van der Waals surface area contributed by atoms with Gasteiger partial charge in [-0.2, -0.15) is 0 Å². The first-order chi connectivity index (χ1) is 7.93. The third kappa shape index (κ3) is 3.74. The topological polar surface area (TPSA) is 68.0 Å². The molecule has 1 rings (SSSR count). The fourth-order valence-corrected chi connectivity index (χ4v) is 2.63. The summed E-state index contributed by atoms with van der Waals surface area (Å²) in [7, 11) is 0. The minimum absolute atomic E-state index is 0.107. The van der Waals surface area contributed by atoms with Gasteiger partial charge in [-0.3, -0.25) is 4.79 Å². The number of aryl methyl sites for hydroxylation is 1. The molecule has 0 fully saturated rings. The van der Waals surface area contributed by atoms with Crippen molar-refractivity contribution in [1.29, 1.82) is 0 Å². The Labute approximate surface area is 111 Å². The third-order valence-electron chi connectivity index (χ3n) is 2.52. The molecule has 3 N–H and O–H groups in total. The largest absolute Gasteiger partial charge is 0.393 e. The quantitative estimate of drug-likeness (QED) is 0.799. The van der Waals surface area contributed by atoms with E-state index in [1.807, 2.05) is 20.8 Å². The van der Waals surface area contributed by atoms with Crippen molar-refractivity contribution >= 4 is 34.5 Å². The average Bonchev–Trinajstić information content (AvgIpc) is 2.59. The molecule has 1 aromatic rings. The lowest BCUT2D eigenvalue weighted by atomic mass is 9.95. The predicted molar refractivity (Wildman–Crippen MR) is 73.8 cm³/mol. The maximum absolute atomic E-state index is 11.9. The van der Waals surface area contributed by atoms with E-state index in [2.05, 4.69) is 10.3 Å². The van der Waals surface area contributed by atoms with E-state index in [1.165, 1.54) is 11.3 Å². The van der Waals surface area contributed by atoms with Crippen LogP contribution < -0.4 is 11.1 Å². The molecule has 0 aliphatic rings. The van der Waals surface area contributed by atoms with Crippen molar-refractivity contribution in [2.45, 2.75) is 27.3 Å². The molecule has 0 spiro atoms. The summed E-state index contributed by atoms with van der Waals surface area (Å²) in [6, 6.07) is 0. The van der Waals surface area contributed by atoms with Crippen molar-refractivity contribution in [3.8, 4) is 0 Å². The van der Waals surface area contributed by atoms with Crippen LogP contribution in [-0.4, -0.2) is 15.9 Å². The van der Waals surface area contributed by atoms with Crippen molar-refractivity contribution in [3.63, 3.8) is 0 Å². The number of carbonyl (C=O) groups is 1. The first kappa shape index (κ1) is 14.1. The molecule has 0 aliphatic carbocycles. The van der Waals surface area contributed by atoms with Gasteiger partial charge in [0.15, 0.2) is 0 Å². The standard InChI is InChI=1S/C11H17N3OS2/c1-6(2)9(10(12)16)11(15)13-4-8-7(3)14-5-17-8/h5-6,9H,4H2,1-3H3,(H2,12,16)(H,13,15). The number of nitrogens with zero attached hydrogens (tertiary/aromatic N) is 1. The molecule has 0 radical (unpaired) electrons. The number of hydrogen-bond donors (Lipinski definition) is 2. The molecule has 0 aromatic carbocycles. The Kier molecular flexibility index (Phi) is 5.02. The third-order valence-corrected chi connectivity index (χ3v) is 3.71. The maximum atomic E-state index is 11.9. The number of nitrogens with two attached hydrogens (primary N) is 1. The zero-order valence-corrected chi connectivity index (χ0v) is 11.8. The van der Waals surface area contributed by atoms with Gasteiger partial charge in [-0.15, -0.1) is 11.3 Å². The molecule has 1 aromatic heterocycles. The molecule has 1 unspecified atom stereocenters. The highest BCUT2D eigenvalue weighted by Gasteiger charge is 2.24. The minimum atomic E-state index is -0.404. The Morgan fingerprint density at radius 3 is 2.71 bits per heavy atom. The van der Waals surface area contributed by atoms with E-state index in [9.17, 15) is 4.79 Å². The van der Waals surface area contributed by atoms with Gasteiger partial charge < -0.3 is 11.1 Å². The Balaban J connectivity index is 2.60. The second kappa shape index (κ2) is 6.07. The molecule has 4 nitrogen and oxygen atoms in total. The van der Waals surface area contributed by atoms with Gasteiger partial charge in [0.2, 0.25) is 5.91 Å². The number of hydrogen-bond acceptors (Lipinski definition) is 4. The highest BCUT2D eigenvalue weighted by atomic mass is 32.1. The Morgan fingerprint density at radius 1 is 1.65 bits per heavy atom. The summed E-state index contributed by atoms with van der Waals surface area (Å²) in [4.78, 5) is 17.4. The first-order valence-corrected chi connectivity index (χ1v) is 6.68. The minimum Gasteiger partial charge on any atom is -0.393 e. The zero-order valence-electron chi connectivity index (χ0n) is 10.2. The monoisotopic (exact) mass is 271 g/mol. The van der Waals surface area contributed by atoms with Crippen LogP contribution in [0.2, 0.25) is 0 Å². The molecule has 17 heavy (non-hydrogen) atoms. The van der Waals surface area contributed by atoms with Crippen molar-refractivity contribution in [2.75, 3.05) is 0 Å². The van der Waals surface area contributed by atoms with Gasteiger partial charge in [0.25, 0.3) is 0 Å². The van der Waals surface area contributed by atoms with Crippen LogP contribution in [0.15, 0.2) is 5.51 Å². The molecular weight excluding hydrogens is 254 g/mol. The summed E-state index contributed by atoms with van der Waals surface area (Å²) in [5.74, 6) is -0.409. The molecule has 1 amide bonds. The van der Waals surface area contributed by atoms with Crippen LogP contribution in [0.4, 0.5) is 0 Å². The number of nitrogens with one attached hydrogen (secondary N) is 1. The van der Waals surface area contributed by atoms with Crippen LogP contribution >= 0.6 is 23.6 Å². The van der Waals surface area contributed by atoms with Crippen molar-refractivity contribution in [2.24, 2.45) is 17.6 Å². The molecule has 0 saturated heterocycles. The normalized spacial score (nSPS) is 12.5. The number of rotatable bonds is 5. The second-order valence-electron chi connectivity index (χ2n) is 4.20. The van der Waals surface area contributed by atoms with Crippen LogP contribution in [0.3, 0.4) is 0 Å². The van der Waals surface area contributed by atoms with E-state index >= 15 is 0 Å². The van der Waals surface area contributed by atoms with Gasteiger partial charge in [0, 0.05) is 4.88 Å². The predicted octanol–water partition coefficient (Wildman–Crippen LogP) is 1.63. The van der Waals surface area contributed by atoms with E-state index in [4.69, 9.17) is 18.0 Å². The van der Waals surface area contributed by atoms with Crippen LogP contribution in [0.5, 0.6) is 0 Å². The van der Waals surface area contributed by atoms with Gasteiger partial charge >= 0.3 is 0 Å². The summed E-state index contributed by atoms with van der Waals surface area (Å²) in [6.45, 7) is 6.27. The lowest BCUT2D eigenvalue weighted by Gasteiger charge is -2.18. The molecule has 0 aliphatic heterocycles. The summed E-state index contributed by atoms with van der Waals surface area (Å²) >= 11 is 6.45. The molecule has 0 saturated carbocycles. The molecular formula is C11H17N3OS2. The maximum Gasteiger partial charge on any atom is 0.230 e. The van der Waals surface area contributed by atoms with Crippen LogP contribution in [0, 0.1) is 18.8 Å². The van der Waals surface area contributed by atoms with E-state index < -0.39 is 5.92 Å². The van der Waals surface area contributed by atoms with Gasteiger partial charge in [-0.05, 0) is 12.8 Å². The molecule has 6 heteroatoms. The fraction of sp³-hybridized carbons (Fsp3) is 0.545. The first-order valence-electron chi connectivity index (χ1n) is 5.39. The number of carbonyl (C=O) groups excluding carboxylic acids is 1. The highest BCUT2D eigenvalue weighted by Crippen LogP contribution is 2.14. The SMILES string of the molecule is Cc1ncsc1CNC(=O)C(C(N)=S)C(C)C. The van der Waals surface area contributed by atoms with E-state index in [-0.39, 0.29) is 16.8 Å². The van der Waals surface area contributed by atoms with Crippen molar-refractivity contribution < 1.29 is 4.79 Å². The Hall–Kier alpha value is -1.01. The van der Waals surface area contributed by atoms with Gasteiger partial charge in [-0.25, -0.2) is 4.98 Å². The van der Waals surface area contributed by atoms with E-state index in [0.717, 1.165) is 10.6 Å². The second-order valence-corrected chi connectivity index (χ2v) is 5.61. The zero-order chi connectivity index (χ0) is 13.0. The lowest BCUT2D eigenvalue weighted by molar-refractivity contribution is -0.124. The van der Waals surface area contributed by atoms with Crippen LogP contribution in [-0.2, 0) is 11.3 Å². The van der Waals surface area contributed by atoms with Crippen molar-refractivity contribution in [1.82, 2.24) is 10.3 Å². The van der Waals surface area contributed by atoms with Gasteiger partial charge in [0.05, 0.1) is 28.7 Å². The summed E-state index contributed by atoms with van der Waals surface area (Å²) in [6.07, 6.45) is 0. The number of aromatic nitrogens is 1. The van der Waals surface area contributed by atoms with Gasteiger partial charge in [-0.1, -0.05) is 26.1 Å². The highest BCUT2D eigenvalue weighted by molar-refractivity contribution is 7.80. The number of thiocarbonyl (C=S) groups is 1. The van der Waals surface area contributed by atoms with E-state index in [0.29, 0.717) is 6.54 Å².